The molecule has 1 aromatic heterocycles. The maximum atomic E-state index is 11.8. The number of hydrogen-bond donors (Lipinski definition) is 1. The molecule has 0 atom stereocenters. The summed E-state index contributed by atoms with van der Waals surface area (Å²) in [6.45, 7) is 12.0. The lowest BCUT2D eigenvalue weighted by Gasteiger charge is -2.22. The van der Waals surface area contributed by atoms with E-state index in [-0.39, 0.29) is 25.0 Å². The van der Waals surface area contributed by atoms with Gasteiger partial charge in [0.25, 0.3) is 0 Å². The molecule has 0 bridgehead atoms. The second kappa shape index (κ2) is 12.0. The average molecular weight is 427 g/mol. The van der Waals surface area contributed by atoms with Crippen molar-refractivity contribution in [2.24, 2.45) is 5.92 Å². The number of nitrogen functional groups attached to an aromatic ring is 1. The standard InChI is InChI=1S/C19H30N4O3S2/c1-12(2)19(25)26-8-7-17(28-27-13(3)4)14(5)23(11-24)10-16-9-21-15(6)22-18(16)20/h9,11-13H,7-8,10H2,1-6H3,(H2,20,21,22)/b17-14+. The van der Waals surface area contributed by atoms with Crippen LogP contribution in [0.25, 0.3) is 0 Å². The summed E-state index contributed by atoms with van der Waals surface area (Å²) < 4.78 is 5.31. The first-order chi connectivity index (χ1) is 13.1. The molecule has 0 aliphatic carbocycles. The Balaban J connectivity index is 2.98. The number of rotatable bonds is 11. The molecule has 0 aromatic carbocycles. The van der Waals surface area contributed by atoms with Crippen LogP contribution in [-0.2, 0) is 20.9 Å². The molecule has 1 amide bonds. The molecule has 0 saturated heterocycles. The molecule has 1 rings (SSSR count). The number of aromatic nitrogens is 2. The van der Waals surface area contributed by atoms with Crippen LogP contribution in [0.15, 0.2) is 16.8 Å². The van der Waals surface area contributed by atoms with Crippen molar-refractivity contribution in [3.05, 3.63) is 28.2 Å². The van der Waals surface area contributed by atoms with Gasteiger partial charge in [0.05, 0.1) is 19.1 Å². The maximum absolute atomic E-state index is 11.8. The number of aryl methyl sites for hydroxylation is 1. The summed E-state index contributed by atoms with van der Waals surface area (Å²) in [5, 5.41) is 0.414. The van der Waals surface area contributed by atoms with Gasteiger partial charge in [0.1, 0.15) is 11.6 Å². The number of allylic oxidation sites excluding steroid dienone is 1. The van der Waals surface area contributed by atoms with Crippen molar-refractivity contribution < 1.29 is 14.3 Å². The van der Waals surface area contributed by atoms with Crippen LogP contribution in [-0.4, -0.2) is 39.1 Å². The van der Waals surface area contributed by atoms with Crippen LogP contribution in [0.3, 0.4) is 0 Å². The van der Waals surface area contributed by atoms with E-state index in [2.05, 4.69) is 23.8 Å². The summed E-state index contributed by atoms with van der Waals surface area (Å²) in [6, 6.07) is 0. The third-order valence-electron chi connectivity index (χ3n) is 3.71. The Labute approximate surface area is 175 Å². The Morgan fingerprint density at radius 3 is 2.57 bits per heavy atom. The number of esters is 1. The monoisotopic (exact) mass is 426 g/mol. The van der Waals surface area contributed by atoms with Crippen LogP contribution in [0.4, 0.5) is 5.82 Å². The molecule has 0 unspecified atom stereocenters. The lowest BCUT2D eigenvalue weighted by molar-refractivity contribution is -0.147. The quantitative estimate of drug-likeness (QED) is 0.323. The summed E-state index contributed by atoms with van der Waals surface area (Å²) in [6.07, 6.45) is 2.95. The summed E-state index contributed by atoms with van der Waals surface area (Å²) in [4.78, 5) is 34.3. The molecule has 7 nitrogen and oxygen atoms in total. The minimum Gasteiger partial charge on any atom is -0.465 e. The lowest BCUT2D eigenvalue weighted by Crippen LogP contribution is -2.22. The predicted molar refractivity (Wildman–Crippen MR) is 116 cm³/mol. The largest absolute Gasteiger partial charge is 0.465 e. The van der Waals surface area contributed by atoms with Gasteiger partial charge in [0.2, 0.25) is 6.41 Å². The van der Waals surface area contributed by atoms with Gasteiger partial charge in [0.15, 0.2) is 0 Å². The first kappa shape index (κ1) is 24.3. The van der Waals surface area contributed by atoms with E-state index in [0.29, 0.717) is 28.9 Å². The minimum absolute atomic E-state index is 0.165. The van der Waals surface area contributed by atoms with Crippen molar-refractivity contribution in [3.63, 3.8) is 0 Å². The zero-order valence-corrected chi connectivity index (χ0v) is 19.0. The molecule has 28 heavy (non-hydrogen) atoms. The number of amides is 1. The van der Waals surface area contributed by atoms with Crippen molar-refractivity contribution in [3.8, 4) is 0 Å². The number of anilines is 1. The Morgan fingerprint density at radius 1 is 1.36 bits per heavy atom. The van der Waals surface area contributed by atoms with Crippen molar-refractivity contribution in [1.29, 1.82) is 0 Å². The number of nitrogens with zero attached hydrogens (tertiary/aromatic N) is 3. The molecule has 0 aliphatic rings. The number of carbonyl (C=O) groups excluding carboxylic acids is 2. The van der Waals surface area contributed by atoms with Gasteiger partial charge in [-0.2, -0.15) is 0 Å². The van der Waals surface area contributed by atoms with E-state index in [4.69, 9.17) is 10.5 Å². The highest BCUT2D eigenvalue weighted by atomic mass is 33.1. The fourth-order valence-corrected chi connectivity index (χ4v) is 4.31. The molecule has 1 aromatic rings. The van der Waals surface area contributed by atoms with Crippen LogP contribution >= 0.6 is 21.6 Å². The van der Waals surface area contributed by atoms with Crippen LogP contribution in [0.1, 0.15) is 52.4 Å². The Hall–Kier alpha value is -1.74. The van der Waals surface area contributed by atoms with Gasteiger partial charge >= 0.3 is 5.97 Å². The smallest absolute Gasteiger partial charge is 0.308 e. The van der Waals surface area contributed by atoms with E-state index >= 15 is 0 Å². The van der Waals surface area contributed by atoms with E-state index in [1.807, 2.05) is 6.92 Å². The van der Waals surface area contributed by atoms with Crippen LogP contribution < -0.4 is 5.73 Å². The Kier molecular flexibility index (Phi) is 10.4. The fraction of sp³-hybridized carbons (Fsp3) is 0.579. The van der Waals surface area contributed by atoms with E-state index in [1.54, 1.807) is 53.5 Å². The van der Waals surface area contributed by atoms with Crippen molar-refractivity contribution in [2.75, 3.05) is 12.3 Å². The fourth-order valence-electron chi connectivity index (χ4n) is 2.06. The third kappa shape index (κ3) is 8.10. The molecular weight excluding hydrogens is 396 g/mol. The van der Waals surface area contributed by atoms with E-state index in [9.17, 15) is 9.59 Å². The number of carbonyl (C=O) groups is 2. The molecule has 0 saturated carbocycles. The minimum atomic E-state index is -0.227. The molecule has 156 valence electrons. The first-order valence-corrected chi connectivity index (χ1v) is 11.4. The second-order valence-electron chi connectivity index (χ2n) is 6.87. The molecule has 0 spiro atoms. The SMILES string of the molecule is C/C(=C(/CCOC(=O)C(C)C)SSC(C)C)N(C=O)Cc1cnc(C)nc1N. The molecule has 0 radical (unpaired) electrons. The molecule has 1 heterocycles. The van der Waals surface area contributed by atoms with Crippen LogP contribution in [0.5, 0.6) is 0 Å². The van der Waals surface area contributed by atoms with Crippen LogP contribution in [0.2, 0.25) is 0 Å². The second-order valence-corrected chi connectivity index (χ2v) is 9.74. The summed E-state index contributed by atoms with van der Waals surface area (Å²) in [5.41, 5.74) is 7.45. The van der Waals surface area contributed by atoms with Gasteiger partial charge in [-0.25, -0.2) is 9.97 Å². The first-order valence-electron chi connectivity index (χ1n) is 9.15. The zero-order valence-electron chi connectivity index (χ0n) is 17.4. The lowest BCUT2D eigenvalue weighted by atomic mass is 10.2. The van der Waals surface area contributed by atoms with Crippen LogP contribution in [0, 0.1) is 12.8 Å². The molecule has 0 aliphatic heterocycles. The average Bonchev–Trinajstić information content (AvgIpc) is 2.62. The Morgan fingerprint density at radius 2 is 2.04 bits per heavy atom. The normalized spacial score (nSPS) is 12.1. The van der Waals surface area contributed by atoms with Gasteiger partial charge < -0.3 is 15.4 Å². The number of ether oxygens (including phenoxy) is 1. The topological polar surface area (TPSA) is 98.4 Å². The highest BCUT2D eigenvalue weighted by Gasteiger charge is 2.16. The van der Waals surface area contributed by atoms with E-state index in [0.717, 1.165) is 17.0 Å². The van der Waals surface area contributed by atoms with E-state index < -0.39 is 0 Å². The van der Waals surface area contributed by atoms with Gasteiger partial charge in [-0.3, -0.25) is 9.59 Å². The summed E-state index contributed by atoms with van der Waals surface area (Å²) in [5.74, 6) is 0.559. The number of nitrogens with two attached hydrogens (primary N) is 1. The number of hydrogen-bond acceptors (Lipinski definition) is 8. The van der Waals surface area contributed by atoms with E-state index in [1.165, 1.54) is 0 Å². The predicted octanol–water partition coefficient (Wildman–Crippen LogP) is 3.94. The molecule has 9 heteroatoms. The highest BCUT2D eigenvalue weighted by molar-refractivity contribution is 8.78. The van der Waals surface area contributed by atoms with Gasteiger partial charge in [0, 0.05) is 34.0 Å². The highest BCUT2D eigenvalue weighted by Crippen LogP contribution is 2.38. The van der Waals surface area contributed by atoms with Gasteiger partial charge in [-0.1, -0.05) is 49.3 Å². The maximum Gasteiger partial charge on any atom is 0.308 e. The van der Waals surface area contributed by atoms with Crippen molar-refractivity contribution in [1.82, 2.24) is 14.9 Å². The van der Waals surface area contributed by atoms with Crippen molar-refractivity contribution in [2.45, 2.75) is 59.8 Å². The molecule has 0 fully saturated rings. The Bertz CT molecular complexity index is 708. The molecular formula is C19H30N4O3S2. The third-order valence-corrected chi connectivity index (χ3v) is 6.94. The van der Waals surface area contributed by atoms with Gasteiger partial charge in [-0.15, -0.1) is 0 Å². The van der Waals surface area contributed by atoms with Gasteiger partial charge in [-0.05, 0) is 13.8 Å². The molecule has 2 N–H and O–H groups in total. The summed E-state index contributed by atoms with van der Waals surface area (Å²) in [7, 11) is 3.30. The van der Waals surface area contributed by atoms with Crippen molar-refractivity contribution >= 4 is 39.8 Å². The summed E-state index contributed by atoms with van der Waals surface area (Å²) >= 11 is 0. The zero-order chi connectivity index (χ0) is 21.3.